The van der Waals surface area contributed by atoms with E-state index >= 15 is 0 Å². The van der Waals surface area contributed by atoms with Crippen LogP contribution >= 0.6 is 0 Å². The van der Waals surface area contributed by atoms with Crippen LogP contribution in [-0.2, 0) is 11.3 Å². The van der Waals surface area contributed by atoms with Gasteiger partial charge in [-0.3, -0.25) is 4.90 Å². The molecule has 0 saturated carbocycles. The Bertz CT molecular complexity index is 401. The summed E-state index contributed by atoms with van der Waals surface area (Å²) in [6, 6.07) is 1.97. The highest BCUT2D eigenvalue weighted by Gasteiger charge is 2.24. The van der Waals surface area contributed by atoms with Gasteiger partial charge in [0.1, 0.15) is 0 Å². The molecule has 0 bridgehead atoms. The summed E-state index contributed by atoms with van der Waals surface area (Å²) in [5.74, 6) is -0.188. The number of piperidine rings is 1. The Kier molecular flexibility index (Phi) is 4.38. The van der Waals surface area contributed by atoms with Gasteiger partial charge in [-0.1, -0.05) is 6.42 Å². The molecule has 0 radical (unpaired) electrons. The number of rotatable bonds is 4. The fourth-order valence-corrected chi connectivity index (χ4v) is 2.43. The zero-order valence-electron chi connectivity index (χ0n) is 10.6. The van der Waals surface area contributed by atoms with Gasteiger partial charge in [-0.25, -0.2) is 4.79 Å². The number of hydrogen-bond acceptors (Lipinski definition) is 5. The number of nitrogens with zero attached hydrogens (tertiary/aromatic N) is 1. The van der Waals surface area contributed by atoms with E-state index in [-0.39, 0.29) is 18.4 Å². The average Bonchev–Trinajstić information content (AvgIpc) is 2.86. The van der Waals surface area contributed by atoms with Crippen molar-refractivity contribution in [3.63, 3.8) is 0 Å². The van der Waals surface area contributed by atoms with Crippen molar-refractivity contribution in [3.8, 4) is 0 Å². The molecule has 1 aliphatic heterocycles. The minimum absolute atomic E-state index is 0.158. The monoisotopic (exact) mass is 253 g/mol. The van der Waals surface area contributed by atoms with Gasteiger partial charge < -0.3 is 14.3 Å². The third kappa shape index (κ3) is 2.73. The van der Waals surface area contributed by atoms with Gasteiger partial charge in [0, 0.05) is 18.2 Å². The zero-order chi connectivity index (χ0) is 13.0. The Hall–Kier alpha value is -1.33. The van der Waals surface area contributed by atoms with Crippen LogP contribution in [0.1, 0.15) is 35.4 Å². The second-order valence-corrected chi connectivity index (χ2v) is 4.57. The maximum Gasteiger partial charge on any atom is 0.374 e. The van der Waals surface area contributed by atoms with E-state index in [1.165, 1.54) is 13.4 Å². The normalized spacial score (nSPS) is 20.9. The molecule has 2 heterocycles. The van der Waals surface area contributed by atoms with E-state index in [0.29, 0.717) is 6.54 Å². The van der Waals surface area contributed by atoms with Crippen molar-refractivity contribution in [2.45, 2.75) is 31.8 Å². The average molecular weight is 253 g/mol. The van der Waals surface area contributed by atoms with E-state index in [1.807, 2.05) is 0 Å². The number of ether oxygens (including phenoxy) is 1. The van der Waals surface area contributed by atoms with E-state index in [0.717, 1.165) is 31.4 Å². The van der Waals surface area contributed by atoms with E-state index in [1.54, 1.807) is 6.07 Å². The molecule has 1 N–H and O–H groups in total. The molecule has 0 spiro atoms. The summed E-state index contributed by atoms with van der Waals surface area (Å²) in [4.78, 5) is 13.7. The summed E-state index contributed by atoms with van der Waals surface area (Å²) < 4.78 is 9.84. The topological polar surface area (TPSA) is 62.9 Å². The zero-order valence-corrected chi connectivity index (χ0v) is 10.6. The van der Waals surface area contributed by atoms with Gasteiger partial charge in [-0.2, -0.15) is 0 Å². The first-order chi connectivity index (χ1) is 8.76. The fourth-order valence-electron chi connectivity index (χ4n) is 2.43. The maximum atomic E-state index is 11.5. The van der Waals surface area contributed by atoms with Crippen molar-refractivity contribution in [3.05, 3.63) is 23.7 Å². The highest BCUT2D eigenvalue weighted by atomic mass is 16.5. The number of aliphatic hydroxyl groups excluding tert-OH is 1. The van der Waals surface area contributed by atoms with E-state index in [2.05, 4.69) is 9.64 Å². The summed E-state index contributed by atoms with van der Waals surface area (Å²) in [6.07, 6.45) is 4.78. The number of aliphatic hydroxyl groups is 1. The highest BCUT2D eigenvalue weighted by Crippen LogP contribution is 2.21. The largest absolute Gasteiger partial charge is 0.463 e. The van der Waals surface area contributed by atoms with Gasteiger partial charge >= 0.3 is 5.97 Å². The van der Waals surface area contributed by atoms with Crippen LogP contribution in [0.3, 0.4) is 0 Å². The van der Waals surface area contributed by atoms with E-state index in [9.17, 15) is 9.90 Å². The number of hydrogen-bond donors (Lipinski definition) is 1. The molecular weight excluding hydrogens is 234 g/mol. The lowest BCUT2D eigenvalue weighted by Gasteiger charge is -2.34. The predicted molar refractivity (Wildman–Crippen MR) is 65.2 cm³/mol. The van der Waals surface area contributed by atoms with Crippen LogP contribution < -0.4 is 0 Å². The SMILES string of the molecule is COC(=O)c1occc1CN1CCCCC1CO. The Labute approximate surface area is 106 Å². The first-order valence-corrected chi connectivity index (χ1v) is 6.26. The Morgan fingerprint density at radius 3 is 3.17 bits per heavy atom. The minimum atomic E-state index is -0.451. The highest BCUT2D eigenvalue weighted by molar-refractivity contribution is 5.87. The molecule has 5 heteroatoms. The van der Waals surface area contributed by atoms with Gasteiger partial charge in [-0.05, 0) is 25.5 Å². The van der Waals surface area contributed by atoms with Crippen LogP contribution in [0.15, 0.2) is 16.7 Å². The summed E-state index contributed by atoms with van der Waals surface area (Å²) >= 11 is 0. The molecule has 0 amide bonds. The second kappa shape index (κ2) is 6.02. The van der Waals surface area contributed by atoms with Crippen molar-refractivity contribution in [1.29, 1.82) is 0 Å². The minimum Gasteiger partial charge on any atom is -0.463 e. The third-order valence-corrected chi connectivity index (χ3v) is 3.45. The number of furan rings is 1. The van der Waals surface area contributed by atoms with Crippen LogP contribution in [-0.4, -0.2) is 42.3 Å². The molecule has 2 rings (SSSR count). The molecule has 1 saturated heterocycles. The first kappa shape index (κ1) is 13.1. The van der Waals surface area contributed by atoms with E-state index in [4.69, 9.17) is 4.42 Å². The molecule has 5 nitrogen and oxygen atoms in total. The van der Waals surface area contributed by atoms with Gasteiger partial charge in [0.25, 0.3) is 0 Å². The van der Waals surface area contributed by atoms with Gasteiger partial charge in [0.05, 0.1) is 20.0 Å². The maximum absolute atomic E-state index is 11.5. The Balaban J connectivity index is 2.08. The lowest BCUT2D eigenvalue weighted by Crippen LogP contribution is -2.41. The van der Waals surface area contributed by atoms with Crippen LogP contribution in [0.4, 0.5) is 0 Å². The molecule has 18 heavy (non-hydrogen) atoms. The van der Waals surface area contributed by atoms with Crippen LogP contribution in [0.25, 0.3) is 0 Å². The standard InChI is InChI=1S/C13H19NO4/c1-17-13(16)12-10(5-7-18-12)8-14-6-3-2-4-11(14)9-15/h5,7,11,15H,2-4,6,8-9H2,1H3. The number of likely N-dealkylation sites (tertiary alicyclic amines) is 1. The summed E-state index contributed by atoms with van der Waals surface area (Å²) in [5, 5.41) is 9.36. The molecule has 0 aromatic carbocycles. The van der Waals surface area contributed by atoms with E-state index < -0.39 is 5.97 Å². The second-order valence-electron chi connectivity index (χ2n) is 4.57. The van der Waals surface area contributed by atoms with Crippen molar-refractivity contribution < 1.29 is 19.1 Å². The van der Waals surface area contributed by atoms with Crippen molar-refractivity contribution >= 4 is 5.97 Å². The van der Waals surface area contributed by atoms with Crippen molar-refractivity contribution in [2.24, 2.45) is 0 Å². The molecule has 1 aromatic rings. The Morgan fingerprint density at radius 2 is 2.44 bits per heavy atom. The number of carbonyl (C=O) groups excluding carboxylic acids is 1. The summed E-state index contributed by atoms with van der Waals surface area (Å²) in [6.45, 7) is 1.72. The van der Waals surface area contributed by atoms with Gasteiger partial charge in [0.15, 0.2) is 0 Å². The smallest absolute Gasteiger partial charge is 0.374 e. The lowest BCUT2D eigenvalue weighted by atomic mass is 10.0. The van der Waals surface area contributed by atoms with Crippen LogP contribution in [0.5, 0.6) is 0 Å². The van der Waals surface area contributed by atoms with Gasteiger partial charge in [-0.15, -0.1) is 0 Å². The van der Waals surface area contributed by atoms with Crippen molar-refractivity contribution in [2.75, 3.05) is 20.3 Å². The molecule has 0 aliphatic carbocycles. The van der Waals surface area contributed by atoms with Crippen LogP contribution in [0.2, 0.25) is 0 Å². The molecule has 1 aliphatic rings. The quantitative estimate of drug-likeness (QED) is 0.822. The number of esters is 1. The number of methoxy groups -OCH3 is 1. The Morgan fingerprint density at radius 1 is 1.61 bits per heavy atom. The number of carbonyl (C=O) groups is 1. The molecule has 100 valence electrons. The van der Waals surface area contributed by atoms with Crippen molar-refractivity contribution in [1.82, 2.24) is 4.90 Å². The third-order valence-electron chi connectivity index (χ3n) is 3.45. The first-order valence-electron chi connectivity index (χ1n) is 6.26. The predicted octanol–water partition coefficient (Wildman–Crippen LogP) is 1.41. The summed E-state index contributed by atoms with van der Waals surface area (Å²) in [7, 11) is 1.34. The molecule has 1 fully saturated rings. The molecule has 1 unspecified atom stereocenters. The van der Waals surface area contributed by atoms with Gasteiger partial charge in [0.2, 0.25) is 5.76 Å². The fraction of sp³-hybridized carbons (Fsp3) is 0.615. The molecular formula is C13H19NO4. The summed E-state index contributed by atoms with van der Waals surface area (Å²) in [5.41, 5.74) is 0.821. The molecule has 1 atom stereocenters. The van der Waals surface area contributed by atoms with Crippen LogP contribution in [0, 0.1) is 0 Å². The lowest BCUT2D eigenvalue weighted by molar-refractivity contribution is 0.0554. The molecule has 1 aromatic heterocycles.